The van der Waals surface area contributed by atoms with Crippen LogP contribution in [0.3, 0.4) is 0 Å². The first-order valence-electron chi connectivity index (χ1n) is 10.8. The average Bonchev–Trinajstić information content (AvgIpc) is 3.19. The normalized spacial score (nSPS) is 10.8. The molecule has 0 bridgehead atoms. The van der Waals surface area contributed by atoms with Crippen LogP contribution in [0.4, 0.5) is 0 Å². The van der Waals surface area contributed by atoms with Crippen molar-refractivity contribution in [2.24, 2.45) is 0 Å². The fourth-order valence-corrected chi connectivity index (χ4v) is 4.16. The van der Waals surface area contributed by atoms with Crippen molar-refractivity contribution < 1.29 is 18.9 Å². The van der Waals surface area contributed by atoms with Crippen LogP contribution >= 0.6 is 11.6 Å². The van der Waals surface area contributed by atoms with Crippen LogP contribution in [0.2, 0.25) is 5.02 Å². The minimum Gasteiger partial charge on any atom is -0.493 e. The molecule has 0 radical (unpaired) electrons. The standard InChI is InChI=1S/C27H27ClN2O4/c1-17-26(19-8-12-22(31-2)24(14-19)33-4)29-30(16-18-6-10-21(28)11-7-18)27(17)20-9-13-23(32-3)25(15-20)34-5/h6-15H,16H2,1-5H3. The van der Waals surface area contributed by atoms with Crippen LogP contribution in [-0.4, -0.2) is 38.2 Å². The molecule has 3 aromatic carbocycles. The van der Waals surface area contributed by atoms with E-state index in [0.717, 1.165) is 33.6 Å². The topological polar surface area (TPSA) is 54.7 Å². The van der Waals surface area contributed by atoms with Gasteiger partial charge in [-0.25, -0.2) is 0 Å². The van der Waals surface area contributed by atoms with Gasteiger partial charge in [-0.15, -0.1) is 0 Å². The molecule has 4 rings (SSSR count). The third-order valence-electron chi connectivity index (χ3n) is 5.75. The van der Waals surface area contributed by atoms with E-state index >= 15 is 0 Å². The van der Waals surface area contributed by atoms with E-state index in [1.54, 1.807) is 28.4 Å². The summed E-state index contributed by atoms with van der Waals surface area (Å²) in [6, 6.07) is 19.5. The molecule has 0 aliphatic rings. The third kappa shape index (κ3) is 4.54. The highest BCUT2D eigenvalue weighted by atomic mass is 35.5. The molecule has 7 heteroatoms. The van der Waals surface area contributed by atoms with Crippen molar-refractivity contribution in [3.63, 3.8) is 0 Å². The van der Waals surface area contributed by atoms with Gasteiger partial charge in [0.25, 0.3) is 0 Å². The van der Waals surface area contributed by atoms with E-state index in [4.69, 9.17) is 35.6 Å². The van der Waals surface area contributed by atoms with Crippen LogP contribution in [-0.2, 0) is 6.54 Å². The summed E-state index contributed by atoms with van der Waals surface area (Å²) >= 11 is 6.10. The van der Waals surface area contributed by atoms with E-state index in [-0.39, 0.29) is 0 Å². The van der Waals surface area contributed by atoms with Gasteiger partial charge in [0.1, 0.15) is 0 Å². The lowest BCUT2D eigenvalue weighted by Crippen LogP contribution is -2.04. The Bertz CT molecular complexity index is 1300. The van der Waals surface area contributed by atoms with E-state index in [1.165, 1.54) is 0 Å². The van der Waals surface area contributed by atoms with E-state index in [0.29, 0.717) is 34.6 Å². The van der Waals surface area contributed by atoms with Gasteiger partial charge in [0.2, 0.25) is 0 Å². The zero-order valence-electron chi connectivity index (χ0n) is 19.9. The van der Waals surface area contributed by atoms with Gasteiger partial charge >= 0.3 is 0 Å². The predicted octanol–water partition coefficient (Wildman–Crippen LogP) is 6.26. The minimum absolute atomic E-state index is 0.578. The highest BCUT2D eigenvalue weighted by molar-refractivity contribution is 6.30. The summed E-state index contributed by atoms with van der Waals surface area (Å²) in [6.07, 6.45) is 0. The molecule has 176 valence electrons. The maximum absolute atomic E-state index is 6.10. The zero-order chi connectivity index (χ0) is 24.2. The molecule has 0 amide bonds. The van der Waals surface area contributed by atoms with Gasteiger partial charge in [-0.1, -0.05) is 23.7 Å². The molecule has 0 fully saturated rings. The fraction of sp³-hybridized carbons (Fsp3) is 0.222. The second-order valence-electron chi connectivity index (χ2n) is 7.75. The van der Waals surface area contributed by atoms with Crippen LogP contribution in [0.25, 0.3) is 22.5 Å². The van der Waals surface area contributed by atoms with Crippen LogP contribution in [0, 0.1) is 6.92 Å². The molecule has 0 aliphatic carbocycles. The van der Waals surface area contributed by atoms with E-state index in [2.05, 4.69) is 6.92 Å². The number of aromatic nitrogens is 2. The number of hydrogen-bond donors (Lipinski definition) is 0. The van der Waals surface area contributed by atoms with E-state index < -0.39 is 0 Å². The van der Waals surface area contributed by atoms with Crippen molar-refractivity contribution >= 4 is 11.6 Å². The largest absolute Gasteiger partial charge is 0.493 e. The lowest BCUT2D eigenvalue weighted by molar-refractivity contribution is 0.355. The molecule has 0 atom stereocenters. The van der Waals surface area contributed by atoms with Gasteiger partial charge in [-0.3, -0.25) is 4.68 Å². The second kappa shape index (κ2) is 10.1. The Morgan fingerprint density at radius 3 is 1.79 bits per heavy atom. The smallest absolute Gasteiger partial charge is 0.161 e. The SMILES string of the molecule is COc1ccc(-c2nn(Cc3ccc(Cl)cc3)c(-c3ccc(OC)c(OC)c3)c2C)cc1OC. The van der Waals surface area contributed by atoms with Crippen LogP contribution in [0.5, 0.6) is 23.0 Å². The molecule has 4 aromatic rings. The number of hydrogen-bond acceptors (Lipinski definition) is 5. The summed E-state index contributed by atoms with van der Waals surface area (Å²) < 4.78 is 23.9. The third-order valence-corrected chi connectivity index (χ3v) is 6.00. The summed E-state index contributed by atoms with van der Waals surface area (Å²) in [4.78, 5) is 0. The molecule has 0 unspecified atom stereocenters. The number of ether oxygens (including phenoxy) is 4. The number of halogens is 1. The first-order valence-corrected chi connectivity index (χ1v) is 11.1. The number of nitrogens with zero attached hydrogens (tertiary/aromatic N) is 2. The minimum atomic E-state index is 0.578. The number of rotatable bonds is 8. The Morgan fingerprint density at radius 2 is 1.24 bits per heavy atom. The Morgan fingerprint density at radius 1 is 0.706 bits per heavy atom. The molecule has 0 spiro atoms. The number of benzene rings is 3. The maximum atomic E-state index is 6.10. The van der Waals surface area contributed by atoms with Crippen molar-refractivity contribution in [1.82, 2.24) is 9.78 Å². The molecule has 0 N–H and O–H groups in total. The molecule has 6 nitrogen and oxygen atoms in total. The van der Waals surface area contributed by atoms with Gasteiger partial charge in [-0.2, -0.15) is 5.10 Å². The summed E-state index contributed by atoms with van der Waals surface area (Å²) in [5.74, 6) is 2.66. The van der Waals surface area contributed by atoms with E-state index in [9.17, 15) is 0 Å². The Hall–Kier alpha value is -3.64. The maximum Gasteiger partial charge on any atom is 0.161 e. The predicted molar refractivity (Wildman–Crippen MR) is 135 cm³/mol. The molecule has 0 saturated heterocycles. The van der Waals surface area contributed by atoms with Gasteiger partial charge < -0.3 is 18.9 Å². The summed E-state index contributed by atoms with van der Waals surface area (Å²) in [7, 11) is 6.51. The molecule has 34 heavy (non-hydrogen) atoms. The van der Waals surface area contributed by atoms with Gasteiger partial charge in [0.05, 0.1) is 46.4 Å². The molecule has 0 saturated carbocycles. The Labute approximate surface area is 204 Å². The first kappa shape index (κ1) is 23.5. The van der Waals surface area contributed by atoms with Crippen molar-refractivity contribution in [3.8, 4) is 45.5 Å². The fourth-order valence-electron chi connectivity index (χ4n) is 4.04. The van der Waals surface area contributed by atoms with Crippen molar-refractivity contribution in [2.75, 3.05) is 28.4 Å². The molecule has 1 aromatic heterocycles. The molecule has 1 heterocycles. The lowest BCUT2D eigenvalue weighted by Gasteiger charge is -2.12. The van der Waals surface area contributed by atoms with Crippen molar-refractivity contribution in [2.45, 2.75) is 13.5 Å². The zero-order valence-corrected chi connectivity index (χ0v) is 20.6. The molecular weight excluding hydrogens is 452 g/mol. The number of methoxy groups -OCH3 is 4. The summed E-state index contributed by atoms with van der Waals surface area (Å²) in [5, 5.41) is 5.72. The van der Waals surface area contributed by atoms with Gasteiger partial charge in [-0.05, 0) is 61.0 Å². The second-order valence-corrected chi connectivity index (χ2v) is 8.18. The van der Waals surface area contributed by atoms with Gasteiger partial charge in [0, 0.05) is 21.7 Å². The highest BCUT2D eigenvalue weighted by Gasteiger charge is 2.20. The average molecular weight is 479 g/mol. The molecular formula is C27H27ClN2O4. The Balaban J connectivity index is 1.88. The summed E-state index contributed by atoms with van der Waals surface area (Å²) in [5.41, 5.74) is 5.89. The summed E-state index contributed by atoms with van der Waals surface area (Å²) in [6.45, 7) is 2.65. The van der Waals surface area contributed by atoms with Crippen LogP contribution in [0.15, 0.2) is 60.7 Å². The highest BCUT2D eigenvalue weighted by Crippen LogP contribution is 2.39. The lowest BCUT2D eigenvalue weighted by atomic mass is 10.0. The van der Waals surface area contributed by atoms with Crippen LogP contribution in [0.1, 0.15) is 11.1 Å². The Kier molecular flexibility index (Phi) is 6.98. The monoisotopic (exact) mass is 478 g/mol. The van der Waals surface area contributed by atoms with E-state index in [1.807, 2.05) is 65.3 Å². The van der Waals surface area contributed by atoms with Crippen molar-refractivity contribution in [1.29, 1.82) is 0 Å². The quantitative estimate of drug-likeness (QED) is 0.299. The first-order chi connectivity index (χ1) is 16.5. The van der Waals surface area contributed by atoms with Crippen LogP contribution < -0.4 is 18.9 Å². The molecule has 0 aliphatic heterocycles. The van der Waals surface area contributed by atoms with Crippen molar-refractivity contribution in [3.05, 3.63) is 76.8 Å². The van der Waals surface area contributed by atoms with Gasteiger partial charge in [0.15, 0.2) is 23.0 Å².